The number of β-amino-alcohol motifs (C(OH)–C–C–N with tert-alkyl or cyclic N) is 1. The Morgan fingerprint density at radius 3 is 2.28 bits per heavy atom. The third-order valence-corrected chi connectivity index (χ3v) is 18.6. The largest absolute Gasteiger partial charge is 0.391 e. The number of pyridine rings is 1. The fourth-order valence-electron chi connectivity index (χ4n) is 11.5. The number of piperazine rings is 1. The van der Waals surface area contributed by atoms with Crippen molar-refractivity contribution in [2.45, 2.75) is 126 Å². The van der Waals surface area contributed by atoms with Gasteiger partial charge in [-0.3, -0.25) is 24.1 Å². The van der Waals surface area contributed by atoms with Crippen LogP contribution in [0.3, 0.4) is 0 Å². The lowest BCUT2D eigenvalue weighted by Crippen LogP contribution is -2.57. The second-order valence-corrected chi connectivity index (χ2v) is 24.5. The molecule has 0 unspecified atom stereocenters. The Labute approximate surface area is 453 Å². The van der Waals surface area contributed by atoms with E-state index < -0.39 is 35.6 Å². The highest BCUT2D eigenvalue weighted by atomic mass is 35.5. The molecule has 4 aromatic rings. The monoisotopic (exact) mass is 1080 g/mol. The highest BCUT2D eigenvalue weighted by molar-refractivity contribution is 7.99. The molecule has 21 heteroatoms. The number of hydrogen-bond acceptors (Lipinski definition) is 16. The number of thiazole rings is 1. The van der Waals surface area contributed by atoms with Crippen molar-refractivity contribution in [2.24, 2.45) is 22.5 Å². The van der Waals surface area contributed by atoms with E-state index in [9.17, 15) is 24.3 Å². The molecule has 8 heterocycles. The van der Waals surface area contributed by atoms with Crippen LogP contribution in [0.4, 0.5) is 11.6 Å². The summed E-state index contributed by atoms with van der Waals surface area (Å²) in [7, 11) is 0. The van der Waals surface area contributed by atoms with Crippen molar-refractivity contribution < 1.29 is 29.0 Å². The molecule has 5 aliphatic heterocycles. The number of nitrogens with one attached hydrogen (secondary N) is 2. The molecule has 1 aromatic carbocycles. The summed E-state index contributed by atoms with van der Waals surface area (Å²) >= 11 is 10.1. The van der Waals surface area contributed by atoms with Gasteiger partial charge in [0.25, 0.3) is 0 Å². The molecule has 75 heavy (non-hydrogen) atoms. The molecule has 0 bridgehead atoms. The number of aryl methyl sites for hydroxylation is 1. The van der Waals surface area contributed by atoms with Crippen LogP contribution in [0.5, 0.6) is 0 Å². The van der Waals surface area contributed by atoms with Crippen molar-refractivity contribution in [3.8, 4) is 10.4 Å². The number of aromatic nitrogens is 4. The molecule has 4 amide bonds. The summed E-state index contributed by atoms with van der Waals surface area (Å²) in [5, 5.41) is 18.2. The van der Waals surface area contributed by atoms with Crippen LogP contribution in [0.25, 0.3) is 10.4 Å². The number of amides is 4. The second kappa shape index (κ2) is 23.3. The van der Waals surface area contributed by atoms with Crippen LogP contribution >= 0.6 is 34.7 Å². The molecule has 0 aliphatic carbocycles. The number of rotatable bonds is 14. The summed E-state index contributed by atoms with van der Waals surface area (Å²) in [5.41, 5.74) is 10.7. The van der Waals surface area contributed by atoms with E-state index in [1.165, 1.54) is 23.6 Å². The van der Waals surface area contributed by atoms with E-state index in [4.69, 9.17) is 32.0 Å². The Morgan fingerprint density at radius 2 is 1.67 bits per heavy atom. The minimum Gasteiger partial charge on any atom is -0.391 e. The van der Waals surface area contributed by atoms with Crippen LogP contribution in [0.1, 0.15) is 90.4 Å². The molecule has 5 saturated heterocycles. The van der Waals surface area contributed by atoms with Crippen molar-refractivity contribution >= 4 is 70.0 Å². The Kier molecular flexibility index (Phi) is 17.1. The maximum atomic E-state index is 14.3. The summed E-state index contributed by atoms with van der Waals surface area (Å²) in [6.07, 6.45) is 8.64. The summed E-state index contributed by atoms with van der Waals surface area (Å²) in [4.78, 5) is 85.3. The molecule has 404 valence electrons. The van der Waals surface area contributed by atoms with Gasteiger partial charge in [-0.1, -0.05) is 68.4 Å². The molecule has 1 spiro atoms. The second-order valence-electron chi connectivity index (χ2n) is 22.2. The lowest BCUT2D eigenvalue weighted by Gasteiger charge is -2.41. The zero-order valence-electron chi connectivity index (χ0n) is 44.0. The van der Waals surface area contributed by atoms with E-state index in [2.05, 4.69) is 42.2 Å². The molecule has 9 rings (SSSR count). The number of aliphatic hydroxyl groups is 1. The Morgan fingerprint density at radius 1 is 0.947 bits per heavy atom. The van der Waals surface area contributed by atoms with Gasteiger partial charge >= 0.3 is 0 Å². The number of hydrogen-bond donors (Lipinski definition) is 4. The molecule has 18 nitrogen and oxygen atoms in total. The molecular formula is C54H73ClN12O6S2. The number of aliphatic hydroxyl groups excluding tert-OH is 1. The quantitative estimate of drug-likeness (QED) is 0.122. The van der Waals surface area contributed by atoms with Gasteiger partial charge in [0.2, 0.25) is 23.6 Å². The average molecular weight is 1090 g/mol. The molecule has 5 N–H and O–H groups in total. The third-order valence-electron chi connectivity index (χ3n) is 16.1. The van der Waals surface area contributed by atoms with Crippen molar-refractivity contribution in [1.29, 1.82) is 0 Å². The molecule has 5 aliphatic rings. The lowest BCUT2D eigenvalue weighted by atomic mass is 9.73. The van der Waals surface area contributed by atoms with Crippen LogP contribution < -0.4 is 26.2 Å². The van der Waals surface area contributed by atoms with Crippen LogP contribution in [-0.2, 0) is 23.9 Å². The van der Waals surface area contributed by atoms with E-state index in [1.807, 2.05) is 74.6 Å². The van der Waals surface area contributed by atoms with Gasteiger partial charge in [-0.05, 0) is 68.6 Å². The lowest BCUT2D eigenvalue weighted by molar-refractivity contribution is -0.144. The maximum absolute atomic E-state index is 14.3. The zero-order chi connectivity index (χ0) is 53.2. The number of anilines is 2. The summed E-state index contributed by atoms with van der Waals surface area (Å²) in [5.74, 6) is 0.553. The number of nitrogens with zero attached hydrogens (tertiary/aromatic N) is 9. The highest BCUT2D eigenvalue weighted by Crippen LogP contribution is 2.43. The van der Waals surface area contributed by atoms with Gasteiger partial charge in [0, 0.05) is 107 Å². The van der Waals surface area contributed by atoms with E-state index >= 15 is 0 Å². The van der Waals surface area contributed by atoms with Crippen molar-refractivity contribution in [2.75, 3.05) is 81.9 Å². The minimum atomic E-state index is -0.910. The number of benzene rings is 1. The Hall–Kier alpha value is -4.96. The smallest absolute Gasteiger partial charge is 0.246 e. The predicted octanol–water partition coefficient (Wildman–Crippen LogP) is 5.56. The molecule has 6 atom stereocenters. The fraction of sp³-hybridized carbons (Fsp3) is 0.593. The van der Waals surface area contributed by atoms with Gasteiger partial charge < -0.3 is 45.8 Å². The summed E-state index contributed by atoms with van der Waals surface area (Å²) in [6.45, 7) is 18.1. The molecule has 3 aromatic heterocycles. The van der Waals surface area contributed by atoms with Gasteiger partial charge in [0.15, 0.2) is 0 Å². The van der Waals surface area contributed by atoms with Crippen molar-refractivity contribution in [3.63, 3.8) is 0 Å². The summed E-state index contributed by atoms with van der Waals surface area (Å²) < 4.78 is 5.90. The average Bonchev–Trinajstić information content (AvgIpc) is 4.10. The molecule has 0 saturated carbocycles. The van der Waals surface area contributed by atoms with Gasteiger partial charge in [0.1, 0.15) is 28.7 Å². The maximum Gasteiger partial charge on any atom is 0.246 e. The fourth-order valence-corrected chi connectivity index (χ4v) is 13.4. The van der Waals surface area contributed by atoms with E-state index in [0.29, 0.717) is 75.9 Å². The van der Waals surface area contributed by atoms with Crippen molar-refractivity contribution in [3.05, 3.63) is 70.7 Å². The van der Waals surface area contributed by atoms with Gasteiger partial charge in [-0.2, -0.15) is 0 Å². The zero-order valence-corrected chi connectivity index (χ0v) is 46.4. The highest BCUT2D eigenvalue weighted by Gasteiger charge is 2.48. The first-order valence-corrected chi connectivity index (χ1v) is 28.5. The van der Waals surface area contributed by atoms with E-state index in [-0.39, 0.29) is 54.2 Å². The molecule has 0 radical (unpaired) electrons. The van der Waals surface area contributed by atoms with Crippen LogP contribution in [0.2, 0.25) is 5.02 Å². The van der Waals surface area contributed by atoms with Gasteiger partial charge in [0.05, 0.1) is 58.4 Å². The molecule has 5 fully saturated rings. The van der Waals surface area contributed by atoms with E-state index in [0.717, 1.165) is 70.0 Å². The number of nitrogens with two attached hydrogens (primary N) is 1. The predicted molar refractivity (Wildman–Crippen MR) is 292 cm³/mol. The SMILES string of the molecule is CC(=O)N[C@H](C(=O)N1C[C@H](O)C[C@H]1C(=O)N[C@@H](CCN1CCN(C(=O)C2CCN(c3nccc(Sc4cnc(N5CCC6(CC5)CO[C@@H](C)[C@H]6N)cn4)c3Cl)CC2)CC1)c1ccc(-c2scnc2C)cc1)C(C)(C)C. The first-order valence-electron chi connectivity index (χ1n) is 26.5. The number of halogens is 1. The minimum absolute atomic E-state index is 0.00179. The number of likely N-dealkylation sites (tertiary alicyclic amines) is 1. The Balaban J connectivity index is 0.772. The first kappa shape index (κ1) is 54.8. The summed E-state index contributed by atoms with van der Waals surface area (Å²) in [6, 6.07) is 7.93. The number of piperidine rings is 2. The molecular weight excluding hydrogens is 1010 g/mol. The van der Waals surface area contributed by atoms with Gasteiger partial charge in [-0.15, -0.1) is 11.3 Å². The topological polar surface area (TPSA) is 216 Å². The third kappa shape index (κ3) is 12.4. The Bertz CT molecular complexity index is 2650. The first-order chi connectivity index (χ1) is 35.9. The standard InChI is InChI=1S/C54H73ClN12O6S2/c1-33-46(74-32-60-33)37-9-7-36(8-10-37)40(62-50(70)41-27-39(69)30-67(41)52(72)48(53(4,5)6)61-35(3)68)14-18-63-23-25-66(26-24-63)51(71)38-12-19-65(20-13-38)49-45(55)42(11-17-57-49)75-44-29-58-43(28-59-44)64-21-15-54(16-22-64)31-73-34(2)47(54)56/h7-11,17,28-29,32,34,38-41,47-48,69H,12-16,18-27,30-31,56H2,1-6H3,(H,61,68)(H,62,70)/t34-,39+,40-,41-,47+,48+/m0/s1. The normalized spacial score (nSPS) is 23.4. The number of carbonyl (C=O) groups is 4. The van der Waals surface area contributed by atoms with Crippen LogP contribution in [-0.4, -0.2) is 166 Å². The number of ether oxygens (including phenoxy) is 1. The van der Waals surface area contributed by atoms with Crippen molar-refractivity contribution in [1.82, 2.24) is 45.3 Å². The van der Waals surface area contributed by atoms with Crippen LogP contribution in [0, 0.1) is 23.7 Å². The van der Waals surface area contributed by atoms with E-state index in [1.54, 1.807) is 23.7 Å². The number of carbonyl (C=O) groups excluding carboxylic acids is 4. The van der Waals surface area contributed by atoms with Gasteiger partial charge in [-0.25, -0.2) is 19.9 Å². The van der Waals surface area contributed by atoms with Crippen LogP contribution in [0.15, 0.2) is 64.4 Å².